The predicted molar refractivity (Wildman–Crippen MR) is 98.9 cm³/mol. The lowest BCUT2D eigenvalue weighted by atomic mass is 10.0. The second-order valence-corrected chi connectivity index (χ2v) is 8.34. The first-order valence-electron chi connectivity index (χ1n) is 8.43. The van der Waals surface area contributed by atoms with Crippen LogP contribution in [0.1, 0.15) is 41.0 Å². The van der Waals surface area contributed by atoms with Crippen molar-refractivity contribution in [3.63, 3.8) is 0 Å². The number of carbonyl (C=O) groups excluding carboxylic acids is 1. The minimum absolute atomic E-state index is 0.0345. The predicted octanol–water partition coefficient (Wildman–Crippen LogP) is 5.67. The lowest BCUT2D eigenvalue weighted by Gasteiger charge is -2.25. The largest absolute Gasteiger partial charge is 0.573 e. The third kappa shape index (κ3) is 10.3. The second-order valence-electron chi connectivity index (χ2n) is 7.42. The van der Waals surface area contributed by atoms with Gasteiger partial charge in [0, 0.05) is 4.47 Å². The van der Waals surface area contributed by atoms with E-state index in [0.29, 0.717) is 10.9 Å². The van der Waals surface area contributed by atoms with Crippen LogP contribution in [0.4, 0.5) is 18.0 Å². The second kappa shape index (κ2) is 9.52. The van der Waals surface area contributed by atoms with Gasteiger partial charge in [-0.3, -0.25) is 0 Å². The lowest BCUT2D eigenvalue weighted by molar-refractivity contribution is -0.275. The van der Waals surface area contributed by atoms with Crippen molar-refractivity contribution in [3.8, 4) is 11.5 Å². The number of carbonyl (C=O) groups is 1. The fourth-order valence-corrected chi connectivity index (χ4v) is 2.55. The maximum absolute atomic E-state index is 12.6. The highest BCUT2D eigenvalue weighted by Crippen LogP contribution is 2.34. The van der Waals surface area contributed by atoms with Crippen molar-refractivity contribution in [1.29, 1.82) is 0 Å². The Hall–Kier alpha value is -1.64. The number of alkyl carbamates (subject to hydrolysis) is 1. The van der Waals surface area contributed by atoms with Gasteiger partial charge in [0.2, 0.25) is 0 Å². The number of benzene rings is 1. The summed E-state index contributed by atoms with van der Waals surface area (Å²) in [6.07, 6.45) is -4.89. The van der Waals surface area contributed by atoms with Gasteiger partial charge in [0.25, 0.3) is 0 Å². The Morgan fingerprint density at radius 3 is 2.33 bits per heavy atom. The molecule has 0 aliphatic carbocycles. The first-order chi connectivity index (χ1) is 12.2. The Morgan fingerprint density at radius 1 is 1.19 bits per heavy atom. The van der Waals surface area contributed by atoms with E-state index in [4.69, 9.17) is 9.47 Å². The Bertz CT molecular complexity index is 630. The van der Waals surface area contributed by atoms with Crippen molar-refractivity contribution in [2.75, 3.05) is 6.61 Å². The molecule has 0 fully saturated rings. The standard InChI is InChI=1S/C18H25BrF3NO4/c1-11(2)8-13(23-16(24)27-17(3,4)5)10-25-14-7-6-12(19)9-15(14)26-18(20,21)22/h6-7,9,11,13H,8,10H2,1-5H3,(H,23,24). The van der Waals surface area contributed by atoms with Crippen LogP contribution in [0, 0.1) is 5.92 Å². The van der Waals surface area contributed by atoms with Gasteiger partial charge in [-0.15, -0.1) is 13.2 Å². The molecule has 0 aromatic heterocycles. The number of amides is 1. The minimum atomic E-state index is -4.84. The summed E-state index contributed by atoms with van der Waals surface area (Å²) in [5.41, 5.74) is -0.660. The summed E-state index contributed by atoms with van der Waals surface area (Å²) in [5, 5.41) is 2.70. The van der Waals surface area contributed by atoms with Crippen molar-refractivity contribution in [2.45, 2.75) is 59.0 Å². The van der Waals surface area contributed by atoms with E-state index in [-0.39, 0.29) is 18.3 Å². The summed E-state index contributed by atoms with van der Waals surface area (Å²) in [5.74, 6) is -0.308. The van der Waals surface area contributed by atoms with E-state index >= 15 is 0 Å². The van der Waals surface area contributed by atoms with Gasteiger partial charge in [-0.1, -0.05) is 29.8 Å². The monoisotopic (exact) mass is 455 g/mol. The summed E-state index contributed by atoms with van der Waals surface area (Å²) in [6, 6.07) is 3.63. The highest BCUT2D eigenvalue weighted by atomic mass is 79.9. The minimum Gasteiger partial charge on any atom is -0.488 e. The number of alkyl halides is 3. The molecule has 1 aromatic carbocycles. The SMILES string of the molecule is CC(C)CC(COc1ccc(Br)cc1OC(F)(F)F)NC(=O)OC(C)(C)C. The lowest BCUT2D eigenvalue weighted by Crippen LogP contribution is -2.42. The zero-order chi connectivity index (χ0) is 20.8. The van der Waals surface area contributed by atoms with Crippen LogP contribution in [0.3, 0.4) is 0 Å². The van der Waals surface area contributed by atoms with E-state index in [1.165, 1.54) is 18.2 Å². The average Bonchev–Trinajstić information content (AvgIpc) is 2.41. The van der Waals surface area contributed by atoms with E-state index in [1.54, 1.807) is 20.8 Å². The van der Waals surface area contributed by atoms with Gasteiger partial charge >= 0.3 is 12.5 Å². The van der Waals surface area contributed by atoms with Crippen molar-refractivity contribution < 1.29 is 32.2 Å². The van der Waals surface area contributed by atoms with Gasteiger partial charge in [-0.05, 0) is 51.3 Å². The molecule has 0 bridgehead atoms. The molecule has 1 aromatic rings. The maximum Gasteiger partial charge on any atom is 0.573 e. The third-order valence-corrected chi connectivity index (χ3v) is 3.54. The third-order valence-electron chi connectivity index (χ3n) is 3.05. The molecule has 0 saturated heterocycles. The van der Waals surface area contributed by atoms with Crippen LogP contribution in [-0.2, 0) is 4.74 Å². The Labute approximate surface area is 165 Å². The number of nitrogens with one attached hydrogen (secondary N) is 1. The van der Waals surface area contributed by atoms with Crippen molar-refractivity contribution >= 4 is 22.0 Å². The molecule has 0 radical (unpaired) electrons. The van der Waals surface area contributed by atoms with Gasteiger partial charge in [-0.25, -0.2) is 4.79 Å². The van der Waals surface area contributed by atoms with Crippen molar-refractivity contribution in [2.24, 2.45) is 5.92 Å². The molecular formula is C18H25BrF3NO4. The number of rotatable bonds is 7. The molecule has 1 N–H and O–H groups in total. The van der Waals surface area contributed by atoms with Gasteiger partial charge in [0.05, 0.1) is 6.04 Å². The molecule has 1 amide bonds. The zero-order valence-electron chi connectivity index (χ0n) is 15.9. The van der Waals surface area contributed by atoms with E-state index in [9.17, 15) is 18.0 Å². The average molecular weight is 456 g/mol. The first kappa shape index (κ1) is 23.4. The number of hydrogen-bond donors (Lipinski definition) is 1. The Morgan fingerprint density at radius 2 is 1.81 bits per heavy atom. The smallest absolute Gasteiger partial charge is 0.488 e. The summed E-state index contributed by atoms with van der Waals surface area (Å²) in [4.78, 5) is 12.0. The molecular weight excluding hydrogens is 431 g/mol. The fourth-order valence-electron chi connectivity index (χ4n) is 2.21. The van der Waals surface area contributed by atoms with E-state index in [0.717, 1.165) is 0 Å². The molecule has 0 aliphatic rings. The van der Waals surface area contributed by atoms with Crippen LogP contribution < -0.4 is 14.8 Å². The van der Waals surface area contributed by atoms with Crippen LogP contribution in [0.25, 0.3) is 0 Å². The van der Waals surface area contributed by atoms with Crippen molar-refractivity contribution in [3.05, 3.63) is 22.7 Å². The van der Waals surface area contributed by atoms with E-state index in [2.05, 4.69) is 26.0 Å². The molecule has 1 rings (SSSR count). The number of hydrogen-bond acceptors (Lipinski definition) is 4. The van der Waals surface area contributed by atoms with Gasteiger partial charge in [0.15, 0.2) is 11.5 Å². The molecule has 0 spiro atoms. The molecule has 5 nitrogen and oxygen atoms in total. The summed E-state index contributed by atoms with van der Waals surface area (Å²) in [7, 11) is 0. The van der Waals surface area contributed by atoms with Gasteiger partial charge in [-0.2, -0.15) is 0 Å². The van der Waals surface area contributed by atoms with Crippen LogP contribution in [0.15, 0.2) is 22.7 Å². The van der Waals surface area contributed by atoms with Crippen LogP contribution >= 0.6 is 15.9 Å². The normalized spacial score (nSPS) is 13.3. The van der Waals surface area contributed by atoms with Crippen LogP contribution in [0.2, 0.25) is 0 Å². The molecule has 154 valence electrons. The summed E-state index contributed by atoms with van der Waals surface area (Å²) < 4.78 is 52.9. The maximum atomic E-state index is 12.6. The number of halogens is 4. The summed E-state index contributed by atoms with van der Waals surface area (Å²) >= 11 is 3.10. The molecule has 27 heavy (non-hydrogen) atoms. The van der Waals surface area contributed by atoms with Gasteiger partial charge in [0.1, 0.15) is 12.2 Å². The quantitative estimate of drug-likeness (QED) is 0.575. The Kier molecular flexibility index (Phi) is 8.25. The highest BCUT2D eigenvalue weighted by molar-refractivity contribution is 9.10. The van der Waals surface area contributed by atoms with E-state index in [1.807, 2.05) is 13.8 Å². The Balaban J connectivity index is 2.84. The molecule has 0 saturated carbocycles. The van der Waals surface area contributed by atoms with Crippen molar-refractivity contribution in [1.82, 2.24) is 5.32 Å². The van der Waals surface area contributed by atoms with Crippen LogP contribution in [-0.4, -0.2) is 30.7 Å². The molecule has 0 aliphatic heterocycles. The molecule has 1 atom stereocenters. The first-order valence-corrected chi connectivity index (χ1v) is 9.22. The van der Waals surface area contributed by atoms with Crippen LogP contribution in [0.5, 0.6) is 11.5 Å². The highest BCUT2D eigenvalue weighted by Gasteiger charge is 2.33. The van der Waals surface area contributed by atoms with E-state index < -0.39 is 29.8 Å². The fraction of sp³-hybridized carbons (Fsp3) is 0.611. The molecule has 0 heterocycles. The van der Waals surface area contributed by atoms with Gasteiger partial charge < -0.3 is 19.5 Å². The topological polar surface area (TPSA) is 56.8 Å². The molecule has 1 unspecified atom stereocenters. The summed E-state index contributed by atoms with van der Waals surface area (Å²) in [6.45, 7) is 9.10. The zero-order valence-corrected chi connectivity index (χ0v) is 17.5. The number of ether oxygens (including phenoxy) is 3. The molecule has 9 heteroatoms.